The normalized spacial score (nSPS) is 18.9. The highest BCUT2D eigenvalue weighted by Gasteiger charge is 2.19. The summed E-state index contributed by atoms with van der Waals surface area (Å²) in [4.78, 5) is 23.7. The lowest BCUT2D eigenvalue weighted by molar-refractivity contribution is -0.125. The fraction of sp³-hybridized carbons (Fsp3) is 0.667. The second-order valence-electron chi connectivity index (χ2n) is 6.16. The molecular weight excluding hydrogens is 298 g/mol. The molecular formula is C15H25N5O3. The van der Waals surface area contributed by atoms with Crippen LogP contribution in [0.25, 0.3) is 0 Å². The zero-order chi connectivity index (χ0) is 16.8. The highest BCUT2D eigenvalue weighted by molar-refractivity contribution is 5.94. The van der Waals surface area contributed by atoms with Crippen molar-refractivity contribution in [2.24, 2.45) is 17.6 Å². The zero-order valence-electron chi connectivity index (χ0n) is 13.6. The number of rotatable bonds is 7. The molecule has 0 saturated carbocycles. The summed E-state index contributed by atoms with van der Waals surface area (Å²) in [6.45, 7) is 5.79. The lowest BCUT2D eigenvalue weighted by Crippen LogP contribution is -2.46. The maximum absolute atomic E-state index is 12.0. The van der Waals surface area contributed by atoms with Crippen molar-refractivity contribution in [2.45, 2.75) is 32.9 Å². The van der Waals surface area contributed by atoms with Crippen molar-refractivity contribution in [1.82, 2.24) is 15.1 Å². The Balaban J connectivity index is 1.81. The summed E-state index contributed by atoms with van der Waals surface area (Å²) >= 11 is 0. The van der Waals surface area contributed by atoms with E-state index in [4.69, 9.17) is 10.5 Å². The molecule has 2 rings (SSSR count). The largest absolute Gasteiger partial charge is 0.381 e. The van der Waals surface area contributed by atoms with Crippen molar-refractivity contribution in [3.05, 3.63) is 12.3 Å². The van der Waals surface area contributed by atoms with Gasteiger partial charge in [-0.3, -0.25) is 9.59 Å². The van der Waals surface area contributed by atoms with Crippen LogP contribution < -0.4 is 16.4 Å². The molecule has 1 aromatic rings. The highest BCUT2D eigenvalue weighted by atomic mass is 16.5. The molecule has 0 bridgehead atoms. The van der Waals surface area contributed by atoms with Gasteiger partial charge < -0.3 is 21.1 Å². The molecule has 2 atom stereocenters. The molecule has 1 aromatic heterocycles. The number of nitrogens with one attached hydrogen (secondary N) is 2. The van der Waals surface area contributed by atoms with Crippen molar-refractivity contribution < 1.29 is 14.3 Å². The molecule has 0 aromatic carbocycles. The monoisotopic (exact) mass is 323 g/mol. The molecule has 0 aliphatic carbocycles. The smallest absolute Gasteiger partial charge is 0.244 e. The number of carbonyl (C=O) groups excluding carboxylic acids is 2. The number of carbonyl (C=O) groups is 2. The van der Waals surface area contributed by atoms with E-state index in [1.54, 1.807) is 16.9 Å². The van der Waals surface area contributed by atoms with Gasteiger partial charge in [-0.15, -0.1) is 0 Å². The van der Waals surface area contributed by atoms with Gasteiger partial charge >= 0.3 is 0 Å². The van der Waals surface area contributed by atoms with Crippen molar-refractivity contribution in [1.29, 1.82) is 0 Å². The van der Waals surface area contributed by atoms with Crippen LogP contribution in [0.1, 0.15) is 20.3 Å². The van der Waals surface area contributed by atoms with Gasteiger partial charge in [0.25, 0.3) is 0 Å². The molecule has 1 aliphatic rings. The van der Waals surface area contributed by atoms with Crippen molar-refractivity contribution in [3.8, 4) is 0 Å². The van der Waals surface area contributed by atoms with Crippen LogP contribution in [0, 0.1) is 11.8 Å². The Labute approximate surface area is 135 Å². The molecule has 1 unspecified atom stereocenters. The summed E-state index contributed by atoms with van der Waals surface area (Å²) in [6, 6.07) is 1.12. The molecule has 1 saturated heterocycles. The molecule has 0 radical (unpaired) electrons. The summed E-state index contributed by atoms with van der Waals surface area (Å²) < 4.78 is 7.09. The van der Waals surface area contributed by atoms with E-state index in [9.17, 15) is 9.59 Å². The minimum absolute atomic E-state index is 0.0214. The Kier molecular flexibility index (Phi) is 6.12. The van der Waals surface area contributed by atoms with Gasteiger partial charge in [0, 0.05) is 25.1 Å². The van der Waals surface area contributed by atoms with Gasteiger partial charge in [-0.05, 0) is 12.3 Å². The Bertz CT molecular complexity index is 537. The standard InChI is InChI=1S/C15H25N5O3/c1-10(2)14(16)15(22)17-7-13(21)19-12-3-5-18-20(12)8-11-4-6-23-9-11/h3,5,10-11,14H,4,6-9,16H2,1-2H3,(H,17,22)(H,19,21)/t11?,14-/m0/s1. The van der Waals surface area contributed by atoms with Crippen molar-refractivity contribution >= 4 is 17.6 Å². The van der Waals surface area contributed by atoms with E-state index < -0.39 is 6.04 Å². The van der Waals surface area contributed by atoms with Crippen LogP contribution in [0.4, 0.5) is 5.82 Å². The number of hydrogen-bond acceptors (Lipinski definition) is 5. The molecule has 23 heavy (non-hydrogen) atoms. The molecule has 0 spiro atoms. The summed E-state index contributed by atoms with van der Waals surface area (Å²) in [5, 5.41) is 9.51. The first-order valence-corrected chi connectivity index (χ1v) is 7.90. The van der Waals surface area contributed by atoms with Crippen LogP contribution in [-0.4, -0.2) is 47.4 Å². The van der Waals surface area contributed by atoms with Crippen LogP contribution in [0.5, 0.6) is 0 Å². The molecule has 1 fully saturated rings. The van der Waals surface area contributed by atoms with Crippen molar-refractivity contribution in [2.75, 3.05) is 25.1 Å². The second kappa shape index (κ2) is 8.07. The molecule has 8 nitrogen and oxygen atoms in total. The molecule has 128 valence electrons. The van der Waals surface area contributed by atoms with Gasteiger partial charge in [0.05, 0.1) is 25.4 Å². The SMILES string of the molecule is CC(C)[C@H](N)C(=O)NCC(=O)Nc1ccnn1CC1CCOC1. The molecule has 2 amide bonds. The number of aromatic nitrogens is 2. The lowest BCUT2D eigenvalue weighted by Gasteiger charge is -2.15. The molecule has 2 heterocycles. The van der Waals surface area contributed by atoms with E-state index >= 15 is 0 Å². The van der Waals surface area contributed by atoms with E-state index in [2.05, 4.69) is 15.7 Å². The topological polar surface area (TPSA) is 111 Å². The Morgan fingerprint density at radius 1 is 1.52 bits per heavy atom. The van der Waals surface area contributed by atoms with Gasteiger partial charge in [-0.1, -0.05) is 13.8 Å². The summed E-state index contributed by atoms with van der Waals surface area (Å²) in [5.41, 5.74) is 5.73. The predicted octanol–water partition coefficient (Wildman–Crippen LogP) is -0.0424. The van der Waals surface area contributed by atoms with Crippen LogP contribution in [0.3, 0.4) is 0 Å². The van der Waals surface area contributed by atoms with E-state index in [0.717, 1.165) is 19.6 Å². The van der Waals surface area contributed by atoms with E-state index in [1.807, 2.05) is 13.8 Å². The average Bonchev–Trinajstić information content (AvgIpc) is 3.17. The lowest BCUT2D eigenvalue weighted by atomic mass is 10.1. The van der Waals surface area contributed by atoms with E-state index in [0.29, 0.717) is 18.3 Å². The first-order valence-electron chi connectivity index (χ1n) is 7.90. The number of nitrogens with two attached hydrogens (primary N) is 1. The first kappa shape index (κ1) is 17.4. The number of amides is 2. The third kappa shape index (κ3) is 5.04. The van der Waals surface area contributed by atoms with E-state index in [-0.39, 0.29) is 24.3 Å². The summed E-state index contributed by atoms with van der Waals surface area (Å²) in [5.74, 6) is 0.414. The minimum Gasteiger partial charge on any atom is -0.381 e. The maximum atomic E-state index is 12.0. The maximum Gasteiger partial charge on any atom is 0.244 e. The summed E-state index contributed by atoms with van der Waals surface area (Å²) in [7, 11) is 0. The minimum atomic E-state index is -0.615. The number of anilines is 1. The van der Waals surface area contributed by atoms with Crippen LogP contribution in [-0.2, 0) is 20.9 Å². The third-order valence-corrected chi connectivity index (χ3v) is 3.88. The van der Waals surface area contributed by atoms with Gasteiger partial charge in [-0.2, -0.15) is 5.10 Å². The average molecular weight is 323 g/mol. The Hall–Kier alpha value is -1.93. The third-order valence-electron chi connectivity index (χ3n) is 3.88. The van der Waals surface area contributed by atoms with Crippen molar-refractivity contribution in [3.63, 3.8) is 0 Å². The van der Waals surface area contributed by atoms with Crippen LogP contribution in [0.2, 0.25) is 0 Å². The zero-order valence-corrected chi connectivity index (χ0v) is 13.6. The van der Waals surface area contributed by atoms with Gasteiger partial charge in [0.15, 0.2) is 0 Å². The van der Waals surface area contributed by atoms with E-state index in [1.165, 1.54) is 0 Å². The molecule has 4 N–H and O–H groups in total. The van der Waals surface area contributed by atoms with Gasteiger partial charge in [0.1, 0.15) is 5.82 Å². The fourth-order valence-corrected chi connectivity index (χ4v) is 2.33. The predicted molar refractivity (Wildman–Crippen MR) is 85.6 cm³/mol. The fourth-order valence-electron chi connectivity index (χ4n) is 2.33. The Morgan fingerprint density at radius 2 is 2.30 bits per heavy atom. The number of nitrogens with zero attached hydrogens (tertiary/aromatic N) is 2. The number of ether oxygens (including phenoxy) is 1. The van der Waals surface area contributed by atoms with Gasteiger partial charge in [0.2, 0.25) is 11.8 Å². The quantitative estimate of drug-likeness (QED) is 0.652. The highest BCUT2D eigenvalue weighted by Crippen LogP contribution is 2.17. The number of hydrogen-bond donors (Lipinski definition) is 3. The molecule has 1 aliphatic heterocycles. The second-order valence-corrected chi connectivity index (χ2v) is 6.16. The van der Waals surface area contributed by atoms with Crippen LogP contribution >= 0.6 is 0 Å². The van der Waals surface area contributed by atoms with Gasteiger partial charge in [-0.25, -0.2) is 4.68 Å². The molecule has 8 heteroatoms. The Morgan fingerprint density at radius 3 is 2.96 bits per heavy atom. The van der Waals surface area contributed by atoms with Crippen LogP contribution in [0.15, 0.2) is 12.3 Å². The summed E-state index contributed by atoms with van der Waals surface area (Å²) in [6.07, 6.45) is 2.63. The first-order chi connectivity index (χ1) is 11.0.